The zero-order valence-electron chi connectivity index (χ0n) is 10.9. The minimum atomic E-state index is -0.368. The maximum absolute atomic E-state index is 14.0. The predicted octanol–water partition coefficient (Wildman–Crippen LogP) is 4.07. The van der Waals surface area contributed by atoms with Crippen molar-refractivity contribution in [1.82, 2.24) is 9.97 Å². The monoisotopic (exact) mass is 280 g/mol. The minimum Gasteiger partial charge on any atom is -0.480 e. The van der Waals surface area contributed by atoms with Gasteiger partial charge >= 0.3 is 0 Å². The Balaban J connectivity index is 2.61. The summed E-state index contributed by atoms with van der Waals surface area (Å²) in [5.74, 6) is 0.162. The molecule has 0 unspecified atom stereocenters. The molecule has 0 atom stereocenters. The van der Waals surface area contributed by atoms with Crippen molar-refractivity contribution in [2.45, 2.75) is 19.8 Å². The largest absolute Gasteiger partial charge is 0.480 e. The lowest BCUT2D eigenvalue weighted by Gasteiger charge is -2.11. The Labute approximate surface area is 116 Å². The average molecular weight is 281 g/mol. The van der Waals surface area contributed by atoms with E-state index in [4.69, 9.17) is 16.3 Å². The van der Waals surface area contributed by atoms with Gasteiger partial charge in [-0.1, -0.05) is 31.5 Å². The molecule has 0 radical (unpaired) electrons. The third-order valence-corrected chi connectivity index (χ3v) is 3.20. The molecule has 0 spiro atoms. The zero-order chi connectivity index (χ0) is 14.0. The number of ether oxygens (including phenoxy) is 1. The molecule has 1 aromatic carbocycles. The van der Waals surface area contributed by atoms with Crippen LogP contribution in [0, 0.1) is 5.82 Å². The van der Waals surface area contributed by atoms with Gasteiger partial charge in [0.15, 0.2) is 0 Å². The molecule has 0 N–H and O–H groups in total. The molecule has 100 valence electrons. The highest BCUT2D eigenvalue weighted by molar-refractivity contribution is 6.34. The van der Waals surface area contributed by atoms with Gasteiger partial charge in [0, 0.05) is 5.56 Å². The summed E-state index contributed by atoms with van der Waals surface area (Å²) in [6.45, 7) is 4.08. The van der Waals surface area contributed by atoms with Gasteiger partial charge in [-0.2, -0.15) is 0 Å². The molecule has 0 bridgehead atoms. The van der Waals surface area contributed by atoms with Crippen LogP contribution in [0.3, 0.4) is 0 Å². The highest BCUT2D eigenvalue weighted by Crippen LogP contribution is 2.34. The Kier molecular flexibility index (Phi) is 4.00. The van der Waals surface area contributed by atoms with Crippen molar-refractivity contribution in [3.05, 3.63) is 40.9 Å². The van der Waals surface area contributed by atoms with Crippen LogP contribution < -0.4 is 4.74 Å². The SMILES string of the molecule is COc1ncnc(-c2cc(C(C)C)ccc2F)c1Cl. The van der Waals surface area contributed by atoms with E-state index in [0.717, 1.165) is 5.56 Å². The molecule has 0 saturated heterocycles. The van der Waals surface area contributed by atoms with Crippen LogP contribution in [0.2, 0.25) is 5.02 Å². The van der Waals surface area contributed by atoms with Gasteiger partial charge in [-0.25, -0.2) is 14.4 Å². The van der Waals surface area contributed by atoms with Crippen LogP contribution in [0.5, 0.6) is 5.88 Å². The summed E-state index contributed by atoms with van der Waals surface area (Å²) in [5.41, 5.74) is 1.72. The highest BCUT2D eigenvalue weighted by atomic mass is 35.5. The number of methoxy groups -OCH3 is 1. The highest BCUT2D eigenvalue weighted by Gasteiger charge is 2.16. The molecule has 5 heteroatoms. The van der Waals surface area contributed by atoms with Crippen LogP contribution in [-0.4, -0.2) is 17.1 Å². The van der Waals surface area contributed by atoms with E-state index < -0.39 is 0 Å². The van der Waals surface area contributed by atoms with E-state index in [1.165, 1.54) is 19.5 Å². The van der Waals surface area contributed by atoms with Crippen molar-refractivity contribution in [2.75, 3.05) is 7.11 Å². The number of rotatable bonds is 3. The van der Waals surface area contributed by atoms with E-state index in [-0.39, 0.29) is 16.7 Å². The molecule has 19 heavy (non-hydrogen) atoms. The van der Waals surface area contributed by atoms with E-state index in [0.29, 0.717) is 17.2 Å². The fourth-order valence-electron chi connectivity index (χ4n) is 1.77. The van der Waals surface area contributed by atoms with E-state index in [2.05, 4.69) is 9.97 Å². The van der Waals surface area contributed by atoms with Crippen LogP contribution in [-0.2, 0) is 0 Å². The van der Waals surface area contributed by atoms with Gasteiger partial charge in [0.2, 0.25) is 5.88 Å². The van der Waals surface area contributed by atoms with Crippen LogP contribution in [0.15, 0.2) is 24.5 Å². The molecule has 0 saturated carbocycles. The molecule has 0 fully saturated rings. The molecule has 3 nitrogen and oxygen atoms in total. The number of hydrogen-bond acceptors (Lipinski definition) is 3. The van der Waals surface area contributed by atoms with Crippen LogP contribution in [0.4, 0.5) is 4.39 Å². The first kappa shape index (κ1) is 13.7. The summed E-state index contributed by atoms with van der Waals surface area (Å²) >= 11 is 6.13. The fourth-order valence-corrected chi connectivity index (χ4v) is 2.04. The van der Waals surface area contributed by atoms with Crippen molar-refractivity contribution < 1.29 is 9.13 Å². The minimum absolute atomic E-state index is 0.213. The summed E-state index contributed by atoms with van der Waals surface area (Å²) in [4.78, 5) is 7.94. The van der Waals surface area contributed by atoms with Crippen molar-refractivity contribution in [3.63, 3.8) is 0 Å². The third-order valence-electron chi connectivity index (χ3n) is 2.86. The molecular weight excluding hydrogens is 267 g/mol. The van der Waals surface area contributed by atoms with Gasteiger partial charge in [-0.15, -0.1) is 0 Å². The van der Waals surface area contributed by atoms with Crippen LogP contribution >= 0.6 is 11.6 Å². The van der Waals surface area contributed by atoms with Crippen molar-refractivity contribution in [3.8, 4) is 17.1 Å². The Hall–Kier alpha value is -1.68. The van der Waals surface area contributed by atoms with E-state index in [9.17, 15) is 4.39 Å². The van der Waals surface area contributed by atoms with Gasteiger partial charge in [0.25, 0.3) is 0 Å². The predicted molar refractivity (Wildman–Crippen MR) is 73.1 cm³/mol. The van der Waals surface area contributed by atoms with E-state index in [1.807, 2.05) is 13.8 Å². The summed E-state index contributed by atoms with van der Waals surface area (Å²) in [5, 5.41) is 0.213. The number of aromatic nitrogens is 2. The lowest BCUT2D eigenvalue weighted by Crippen LogP contribution is -1.97. The second-order valence-corrected chi connectivity index (χ2v) is 4.82. The van der Waals surface area contributed by atoms with Crippen molar-refractivity contribution >= 4 is 11.6 Å². The zero-order valence-corrected chi connectivity index (χ0v) is 11.7. The third kappa shape index (κ3) is 2.68. The lowest BCUT2D eigenvalue weighted by atomic mass is 9.99. The summed E-state index contributed by atoms with van der Waals surface area (Å²) in [7, 11) is 1.46. The van der Waals surface area contributed by atoms with Gasteiger partial charge in [-0.3, -0.25) is 0 Å². The number of hydrogen-bond donors (Lipinski definition) is 0. The molecule has 0 aliphatic heterocycles. The lowest BCUT2D eigenvalue weighted by molar-refractivity contribution is 0.397. The molecule has 0 aliphatic rings. The van der Waals surface area contributed by atoms with Gasteiger partial charge in [0.1, 0.15) is 17.2 Å². The second-order valence-electron chi connectivity index (χ2n) is 4.44. The molecule has 2 aromatic rings. The summed E-state index contributed by atoms with van der Waals surface area (Å²) < 4.78 is 19.0. The standard InChI is InChI=1S/C14H14ClFN2O/c1-8(2)9-4-5-11(16)10(6-9)13-12(15)14(19-3)18-7-17-13/h4-8H,1-3H3. The summed E-state index contributed by atoms with van der Waals surface area (Å²) in [6, 6.07) is 4.94. The fraction of sp³-hybridized carbons (Fsp3) is 0.286. The Morgan fingerprint density at radius 3 is 2.63 bits per heavy atom. The smallest absolute Gasteiger partial charge is 0.236 e. The first-order chi connectivity index (χ1) is 9.04. The number of halogens is 2. The molecule has 0 aliphatic carbocycles. The number of benzene rings is 1. The number of nitrogens with zero attached hydrogens (tertiary/aromatic N) is 2. The normalized spacial score (nSPS) is 10.8. The Morgan fingerprint density at radius 1 is 1.26 bits per heavy atom. The van der Waals surface area contributed by atoms with Gasteiger partial charge in [0.05, 0.1) is 12.8 Å². The molecule has 0 amide bonds. The topological polar surface area (TPSA) is 35.0 Å². The van der Waals surface area contributed by atoms with Crippen LogP contribution in [0.1, 0.15) is 25.3 Å². The summed E-state index contributed by atoms with van der Waals surface area (Å²) in [6.07, 6.45) is 1.31. The van der Waals surface area contributed by atoms with Crippen molar-refractivity contribution in [1.29, 1.82) is 0 Å². The maximum Gasteiger partial charge on any atom is 0.236 e. The first-order valence-corrected chi connectivity index (χ1v) is 6.26. The maximum atomic E-state index is 14.0. The average Bonchev–Trinajstić information content (AvgIpc) is 2.39. The molecule has 2 rings (SSSR count). The Morgan fingerprint density at radius 2 is 2.00 bits per heavy atom. The molecule has 1 aromatic heterocycles. The van der Waals surface area contributed by atoms with Gasteiger partial charge in [-0.05, 0) is 23.6 Å². The molecular formula is C14H14ClFN2O. The van der Waals surface area contributed by atoms with E-state index >= 15 is 0 Å². The van der Waals surface area contributed by atoms with Crippen LogP contribution in [0.25, 0.3) is 11.3 Å². The molecule has 1 heterocycles. The first-order valence-electron chi connectivity index (χ1n) is 5.89. The van der Waals surface area contributed by atoms with Gasteiger partial charge < -0.3 is 4.74 Å². The Bertz CT molecular complexity index is 602. The van der Waals surface area contributed by atoms with Crippen molar-refractivity contribution in [2.24, 2.45) is 0 Å². The quantitative estimate of drug-likeness (QED) is 0.850. The second kappa shape index (κ2) is 5.53. The van der Waals surface area contributed by atoms with E-state index in [1.54, 1.807) is 12.1 Å².